The van der Waals surface area contributed by atoms with Gasteiger partial charge >= 0.3 is 0 Å². The molecule has 21 heavy (non-hydrogen) atoms. The molecule has 1 unspecified atom stereocenters. The van der Waals surface area contributed by atoms with E-state index < -0.39 is 0 Å². The molecule has 1 aromatic rings. The molecule has 2 aliphatic carbocycles. The van der Waals surface area contributed by atoms with Crippen LogP contribution in [0.4, 0.5) is 0 Å². The molecule has 0 heterocycles. The summed E-state index contributed by atoms with van der Waals surface area (Å²) in [5.74, 6) is 0.993. The van der Waals surface area contributed by atoms with Gasteiger partial charge in [-0.1, -0.05) is 50.3 Å². The zero-order valence-electron chi connectivity index (χ0n) is 13.7. The van der Waals surface area contributed by atoms with Crippen molar-refractivity contribution in [3.8, 4) is 0 Å². The maximum Gasteiger partial charge on any atom is 0.0317 e. The summed E-state index contributed by atoms with van der Waals surface area (Å²) in [5.41, 5.74) is 4.75. The van der Waals surface area contributed by atoms with Gasteiger partial charge in [0, 0.05) is 6.04 Å². The molecule has 0 saturated heterocycles. The summed E-state index contributed by atoms with van der Waals surface area (Å²) in [6, 6.07) is 7.83. The zero-order valence-corrected chi connectivity index (χ0v) is 13.7. The molecule has 1 aromatic carbocycles. The number of fused-ring (bicyclic) bond motifs is 1. The van der Waals surface area contributed by atoms with Crippen LogP contribution in [0.5, 0.6) is 0 Å². The Labute approximate surface area is 130 Å². The predicted molar refractivity (Wildman–Crippen MR) is 90.7 cm³/mol. The normalized spacial score (nSPS) is 21.0. The first-order valence-electron chi connectivity index (χ1n) is 9.16. The molecule has 2 aliphatic rings. The highest BCUT2D eigenvalue weighted by molar-refractivity contribution is 5.35. The van der Waals surface area contributed by atoms with E-state index in [-0.39, 0.29) is 0 Å². The molecule has 116 valence electrons. The fraction of sp³-hybridized carbons (Fsp3) is 0.700. The van der Waals surface area contributed by atoms with Gasteiger partial charge in [-0.15, -0.1) is 0 Å². The van der Waals surface area contributed by atoms with Gasteiger partial charge in [0.25, 0.3) is 0 Å². The van der Waals surface area contributed by atoms with Gasteiger partial charge in [-0.25, -0.2) is 0 Å². The van der Waals surface area contributed by atoms with Crippen LogP contribution in [0.3, 0.4) is 0 Å². The van der Waals surface area contributed by atoms with Crippen LogP contribution < -0.4 is 5.32 Å². The molecule has 1 N–H and O–H groups in total. The number of aryl methyl sites for hydroxylation is 2. The Bertz CT molecular complexity index is 445. The topological polar surface area (TPSA) is 12.0 Å². The van der Waals surface area contributed by atoms with E-state index in [0.717, 1.165) is 5.92 Å². The largest absolute Gasteiger partial charge is 0.313 e. The minimum atomic E-state index is 0.555. The molecule has 1 saturated carbocycles. The average molecular weight is 285 g/mol. The molecule has 0 aliphatic heterocycles. The lowest BCUT2D eigenvalue weighted by Crippen LogP contribution is -2.19. The summed E-state index contributed by atoms with van der Waals surface area (Å²) >= 11 is 0. The zero-order chi connectivity index (χ0) is 14.5. The molecular weight excluding hydrogens is 254 g/mol. The van der Waals surface area contributed by atoms with Gasteiger partial charge in [0.15, 0.2) is 0 Å². The number of benzene rings is 1. The lowest BCUT2D eigenvalue weighted by molar-refractivity contribution is 0.317. The third-order valence-corrected chi connectivity index (χ3v) is 5.71. The molecule has 0 aromatic heterocycles. The SMILES string of the molecule is CNC(CCC1CCCCC1)c1ccc2c(c1)CCCC2. The van der Waals surface area contributed by atoms with Crippen molar-refractivity contribution in [1.82, 2.24) is 5.32 Å². The lowest BCUT2D eigenvalue weighted by Gasteiger charge is -2.25. The van der Waals surface area contributed by atoms with Gasteiger partial charge in [0.2, 0.25) is 0 Å². The Kier molecular flexibility index (Phi) is 5.35. The van der Waals surface area contributed by atoms with E-state index in [2.05, 4.69) is 30.6 Å². The van der Waals surface area contributed by atoms with Crippen LogP contribution in [0.15, 0.2) is 18.2 Å². The standard InChI is InChI=1S/C20H31N/c1-21-20(14-11-16-7-3-2-4-8-16)19-13-12-17-9-5-6-10-18(17)15-19/h12-13,15-16,20-21H,2-11,14H2,1H3. The molecular formula is C20H31N. The van der Waals surface area contributed by atoms with E-state index in [9.17, 15) is 0 Å². The predicted octanol–water partition coefficient (Wildman–Crippen LogP) is 5.19. The number of rotatable bonds is 5. The van der Waals surface area contributed by atoms with Crippen LogP contribution in [0.25, 0.3) is 0 Å². The minimum Gasteiger partial charge on any atom is -0.313 e. The Hall–Kier alpha value is -0.820. The molecule has 1 nitrogen and oxygen atoms in total. The second-order valence-corrected chi connectivity index (χ2v) is 7.16. The summed E-state index contributed by atoms with van der Waals surface area (Å²) in [6.45, 7) is 0. The summed E-state index contributed by atoms with van der Waals surface area (Å²) in [4.78, 5) is 0. The van der Waals surface area contributed by atoms with Crippen molar-refractivity contribution < 1.29 is 0 Å². The molecule has 0 bridgehead atoms. The molecule has 0 amide bonds. The van der Waals surface area contributed by atoms with Crippen molar-refractivity contribution >= 4 is 0 Å². The van der Waals surface area contributed by atoms with Crippen LogP contribution in [0.2, 0.25) is 0 Å². The van der Waals surface area contributed by atoms with Crippen LogP contribution in [0.1, 0.15) is 80.5 Å². The van der Waals surface area contributed by atoms with E-state index in [1.54, 1.807) is 11.1 Å². The summed E-state index contributed by atoms with van der Waals surface area (Å²) in [5, 5.41) is 3.56. The van der Waals surface area contributed by atoms with Crippen molar-refractivity contribution in [2.45, 2.75) is 76.7 Å². The van der Waals surface area contributed by atoms with Crippen molar-refractivity contribution in [3.63, 3.8) is 0 Å². The summed E-state index contributed by atoms with van der Waals surface area (Å²) < 4.78 is 0. The third-order valence-electron chi connectivity index (χ3n) is 5.71. The molecule has 1 heteroatoms. The molecule has 3 rings (SSSR count). The van der Waals surface area contributed by atoms with Gasteiger partial charge in [-0.05, 0) is 68.2 Å². The van der Waals surface area contributed by atoms with Crippen LogP contribution in [0, 0.1) is 5.92 Å². The van der Waals surface area contributed by atoms with Crippen molar-refractivity contribution in [1.29, 1.82) is 0 Å². The quantitative estimate of drug-likeness (QED) is 0.785. The Balaban J connectivity index is 1.62. The van der Waals surface area contributed by atoms with Crippen LogP contribution in [-0.2, 0) is 12.8 Å². The Morgan fingerprint density at radius 3 is 2.52 bits per heavy atom. The highest BCUT2D eigenvalue weighted by Gasteiger charge is 2.18. The first kappa shape index (κ1) is 15.1. The molecule has 0 spiro atoms. The van der Waals surface area contributed by atoms with Gasteiger partial charge in [-0.3, -0.25) is 0 Å². The molecule has 0 radical (unpaired) electrons. The first-order chi connectivity index (χ1) is 10.4. The van der Waals surface area contributed by atoms with Gasteiger partial charge < -0.3 is 5.32 Å². The third kappa shape index (κ3) is 3.88. The van der Waals surface area contributed by atoms with Crippen molar-refractivity contribution in [2.75, 3.05) is 7.05 Å². The fourth-order valence-electron chi connectivity index (χ4n) is 4.33. The lowest BCUT2D eigenvalue weighted by atomic mass is 9.83. The minimum absolute atomic E-state index is 0.555. The van der Waals surface area contributed by atoms with Gasteiger partial charge in [0.05, 0.1) is 0 Å². The Morgan fingerprint density at radius 1 is 1.00 bits per heavy atom. The molecule has 1 fully saturated rings. The van der Waals surface area contributed by atoms with Crippen molar-refractivity contribution in [3.05, 3.63) is 34.9 Å². The highest BCUT2D eigenvalue weighted by atomic mass is 14.9. The fourth-order valence-corrected chi connectivity index (χ4v) is 4.33. The van der Waals surface area contributed by atoms with E-state index in [0.29, 0.717) is 6.04 Å². The first-order valence-corrected chi connectivity index (χ1v) is 9.16. The summed E-state index contributed by atoms with van der Waals surface area (Å²) in [6.07, 6.45) is 15.4. The second kappa shape index (κ2) is 7.45. The van der Waals surface area contributed by atoms with Crippen LogP contribution >= 0.6 is 0 Å². The van der Waals surface area contributed by atoms with E-state index >= 15 is 0 Å². The second-order valence-electron chi connectivity index (χ2n) is 7.16. The number of hydrogen-bond acceptors (Lipinski definition) is 1. The highest BCUT2D eigenvalue weighted by Crippen LogP contribution is 2.31. The van der Waals surface area contributed by atoms with Crippen molar-refractivity contribution in [2.24, 2.45) is 5.92 Å². The summed E-state index contributed by atoms with van der Waals surface area (Å²) in [7, 11) is 2.13. The number of hydrogen-bond donors (Lipinski definition) is 1. The maximum atomic E-state index is 3.56. The van der Waals surface area contributed by atoms with Crippen LogP contribution in [-0.4, -0.2) is 7.05 Å². The van der Waals surface area contributed by atoms with E-state index in [1.807, 2.05) is 0 Å². The van der Waals surface area contributed by atoms with E-state index in [4.69, 9.17) is 0 Å². The average Bonchev–Trinajstić information content (AvgIpc) is 2.56. The number of nitrogens with one attached hydrogen (secondary N) is 1. The molecule has 1 atom stereocenters. The Morgan fingerprint density at radius 2 is 1.76 bits per heavy atom. The van der Waals surface area contributed by atoms with E-state index in [1.165, 1.54) is 76.2 Å². The van der Waals surface area contributed by atoms with Gasteiger partial charge in [0.1, 0.15) is 0 Å². The van der Waals surface area contributed by atoms with Gasteiger partial charge in [-0.2, -0.15) is 0 Å². The monoisotopic (exact) mass is 285 g/mol. The smallest absolute Gasteiger partial charge is 0.0317 e. The maximum absolute atomic E-state index is 3.56.